The van der Waals surface area contributed by atoms with E-state index in [-0.39, 0.29) is 43.1 Å². The number of amides is 1. The summed E-state index contributed by atoms with van der Waals surface area (Å²) in [5, 5.41) is 12.4. The zero-order valence-electron chi connectivity index (χ0n) is 12.8. The van der Waals surface area contributed by atoms with Crippen LogP contribution in [0, 0.1) is 11.6 Å². The maximum absolute atomic E-state index is 14.3. The minimum atomic E-state index is -1.19. The number of benzene rings is 1. The normalized spacial score (nSPS) is 16.6. The molecule has 1 aliphatic rings. The quantitative estimate of drug-likeness (QED) is 0.905. The maximum atomic E-state index is 14.3. The number of rotatable bonds is 3. The molecule has 0 radical (unpaired) electrons. The van der Waals surface area contributed by atoms with Crippen LogP contribution in [0.4, 0.5) is 14.5 Å². The molecule has 1 aromatic heterocycles. The molecule has 0 atom stereocenters. The molecule has 0 aliphatic carbocycles. The van der Waals surface area contributed by atoms with E-state index >= 15 is 0 Å². The molecular weight excluding hydrogens is 318 g/mol. The van der Waals surface area contributed by atoms with Crippen molar-refractivity contribution in [1.29, 1.82) is 0 Å². The van der Waals surface area contributed by atoms with E-state index in [1.807, 2.05) is 0 Å². The van der Waals surface area contributed by atoms with E-state index in [9.17, 15) is 18.7 Å². The third-order valence-corrected chi connectivity index (χ3v) is 4.28. The van der Waals surface area contributed by atoms with Crippen LogP contribution in [0.2, 0.25) is 0 Å². The van der Waals surface area contributed by atoms with Gasteiger partial charge < -0.3 is 15.2 Å². The van der Waals surface area contributed by atoms with Crippen molar-refractivity contribution in [3.63, 3.8) is 0 Å². The van der Waals surface area contributed by atoms with Crippen LogP contribution in [-0.2, 0) is 14.9 Å². The smallest absolute Gasteiger partial charge is 0.235 e. The number of halogens is 2. The molecule has 2 N–H and O–H groups in total. The molecule has 0 bridgehead atoms. The van der Waals surface area contributed by atoms with E-state index < -0.39 is 23.0 Å². The van der Waals surface area contributed by atoms with Crippen LogP contribution in [-0.4, -0.2) is 29.2 Å². The molecule has 0 spiro atoms. The van der Waals surface area contributed by atoms with Crippen molar-refractivity contribution < 1.29 is 23.4 Å². The van der Waals surface area contributed by atoms with Crippen molar-refractivity contribution in [2.24, 2.45) is 0 Å². The van der Waals surface area contributed by atoms with Crippen LogP contribution in [0.5, 0.6) is 5.75 Å². The van der Waals surface area contributed by atoms with Gasteiger partial charge in [-0.1, -0.05) is 6.07 Å². The van der Waals surface area contributed by atoms with E-state index in [1.54, 1.807) is 0 Å². The van der Waals surface area contributed by atoms with Crippen molar-refractivity contribution in [2.45, 2.75) is 18.3 Å². The first-order valence-corrected chi connectivity index (χ1v) is 7.51. The number of aromatic nitrogens is 1. The van der Waals surface area contributed by atoms with Gasteiger partial charge in [-0.05, 0) is 25.0 Å². The molecule has 1 saturated heterocycles. The Hall–Kier alpha value is -2.54. The number of carbonyl (C=O) groups excluding carboxylic acids is 1. The highest BCUT2D eigenvalue weighted by Crippen LogP contribution is 2.38. The monoisotopic (exact) mass is 334 g/mol. The molecule has 5 nitrogen and oxygen atoms in total. The Kier molecular flexibility index (Phi) is 4.44. The highest BCUT2D eigenvalue weighted by Gasteiger charge is 2.43. The van der Waals surface area contributed by atoms with Gasteiger partial charge in [-0.25, -0.2) is 8.78 Å². The number of aromatic hydroxyl groups is 1. The van der Waals surface area contributed by atoms with Crippen molar-refractivity contribution in [3.05, 3.63) is 53.9 Å². The lowest BCUT2D eigenvalue weighted by Crippen LogP contribution is -2.45. The molecule has 0 saturated carbocycles. The van der Waals surface area contributed by atoms with Crippen LogP contribution in [0.1, 0.15) is 18.4 Å². The number of pyridine rings is 1. The summed E-state index contributed by atoms with van der Waals surface area (Å²) in [4.78, 5) is 16.7. The van der Waals surface area contributed by atoms with Crippen molar-refractivity contribution in [1.82, 2.24) is 4.98 Å². The second-order valence-electron chi connectivity index (χ2n) is 5.67. The van der Waals surface area contributed by atoms with Gasteiger partial charge in [0.15, 0.2) is 5.75 Å². The fraction of sp³-hybridized carbons (Fsp3) is 0.294. The van der Waals surface area contributed by atoms with Gasteiger partial charge in [0.25, 0.3) is 0 Å². The number of anilines is 1. The minimum Gasteiger partial charge on any atom is -0.504 e. The predicted molar refractivity (Wildman–Crippen MR) is 82.6 cm³/mol. The van der Waals surface area contributed by atoms with Gasteiger partial charge in [0.2, 0.25) is 5.91 Å². The van der Waals surface area contributed by atoms with Crippen LogP contribution in [0.3, 0.4) is 0 Å². The average Bonchev–Trinajstić information content (AvgIpc) is 2.57. The average molecular weight is 334 g/mol. The topological polar surface area (TPSA) is 71.5 Å². The Morgan fingerprint density at radius 2 is 2.00 bits per heavy atom. The lowest BCUT2D eigenvalue weighted by Gasteiger charge is -2.36. The maximum Gasteiger partial charge on any atom is 0.235 e. The summed E-state index contributed by atoms with van der Waals surface area (Å²) in [6.07, 6.45) is 3.13. The second kappa shape index (κ2) is 6.52. The summed E-state index contributed by atoms with van der Waals surface area (Å²) in [6.45, 7) is 0.569. The van der Waals surface area contributed by atoms with Gasteiger partial charge in [-0.2, -0.15) is 0 Å². The first-order valence-electron chi connectivity index (χ1n) is 7.51. The second-order valence-corrected chi connectivity index (χ2v) is 5.67. The van der Waals surface area contributed by atoms with Crippen LogP contribution >= 0.6 is 0 Å². The van der Waals surface area contributed by atoms with Crippen molar-refractivity contribution in [2.75, 3.05) is 18.5 Å². The molecule has 1 amide bonds. The molecule has 2 aromatic rings. The van der Waals surface area contributed by atoms with E-state index in [0.29, 0.717) is 0 Å². The standard InChI is InChI=1S/C17H16F2N2O3/c18-11-1-2-12(13(19)9-11)17(4-7-24-8-5-17)16(23)21-14-3-6-20-10-15(14)22/h1-3,6,9-10,22H,4-5,7-8H2,(H,20,21,23). The highest BCUT2D eigenvalue weighted by atomic mass is 19.1. The Balaban J connectivity index is 1.99. The van der Waals surface area contributed by atoms with E-state index in [4.69, 9.17) is 4.74 Å². The van der Waals surface area contributed by atoms with E-state index in [2.05, 4.69) is 10.3 Å². The molecule has 1 fully saturated rings. The SMILES string of the molecule is O=C(Nc1ccncc1O)C1(c2ccc(F)cc2F)CCOCC1. The van der Waals surface area contributed by atoms with Gasteiger partial charge in [-0.15, -0.1) is 0 Å². The molecule has 24 heavy (non-hydrogen) atoms. The fourth-order valence-corrected chi connectivity index (χ4v) is 2.95. The lowest BCUT2D eigenvalue weighted by atomic mass is 9.73. The zero-order chi connectivity index (χ0) is 17.2. The molecule has 0 unspecified atom stereocenters. The molecule has 1 aliphatic heterocycles. The Morgan fingerprint density at radius 1 is 1.25 bits per heavy atom. The first-order chi connectivity index (χ1) is 11.5. The first kappa shape index (κ1) is 16.3. The third kappa shape index (κ3) is 2.94. The predicted octanol–water partition coefficient (Wildman–Crippen LogP) is 2.75. The van der Waals surface area contributed by atoms with Crippen LogP contribution in [0.15, 0.2) is 36.7 Å². The molecule has 126 valence electrons. The molecule has 7 heteroatoms. The zero-order valence-corrected chi connectivity index (χ0v) is 12.8. The molecule has 2 heterocycles. The summed E-state index contributed by atoms with van der Waals surface area (Å²) in [5.74, 6) is -2.14. The summed E-state index contributed by atoms with van der Waals surface area (Å²) >= 11 is 0. The molecule has 1 aromatic carbocycles. The van der Waals surface area contributed by atoms with Gasteiger partial charge in [0, 0.05) is 31.0 Å². The van der Waals surface area contributed by atoms with Gasteiger partial charge in [0.1, 0.15) is 11.6 Å². The number of nitrogens with zero attached hydrogens (tertiary/aromatic N) is 1. The van der Waals surface area contributed by atoms with E-state index in [0.717, 1.165) is 12.1 Å². The third-order valence-electron chi connectivity index (χ3n) is 4.28. The van der Waals surface area contributed by atoms with E-state index in [1.165, 1.54) is 24.5 Å². The number of carbonyl (C=O) groups is 1. The lowest BCUT2D eigenvalue weighted by molar-refractivity contribution is -0.125. The summed E-state index contributed by atoms with van der Waals surface area (Å²) < 4.78 is 32.9. The van der Waals surface area contributed by atoms with Gasteiger partial charge in [-0.3, -0.25) is 9.78 Å². The number of ether oxygens (including phenoxy) is 1. The number of hydrogen-bond acceptors (Lipinski definition) is 4. The highest BCUT2D eigenvalue weighted by molar-refractivity contribution is 6.00. The fourth-order valence-electron chi connectivity index (χ4n) is 2.95. The Bertz CT molecular complexity index is 761. The molecule has 3 rings (SSSR count). The summed E-state index contributed by atoms with van der Waals surface area (Å²) in [6, 6.07) is 4.64. The van der Waals surface area contributed by atoms with Crippen LogP contribution in [0.25, 0.3) is 0 Å². The number of hydrogen-bond donors (Lipinski definition) is 2. The number of nitrogens with one attached hydrogen (secondary N) is 1. The van der Waals surface area contributed by atoms with Crippen LogP contribution < -0.4 is 5.32 Å². The Morgan fingerprint density at radius 3 is 2.67 bits per heavy atom. The van der Waals surface area contributed by atoms with Gasteiger partial charge >= 0.3 is 0 Å². The summed E-state index contributed by atoms with van der Waals surface area (Å²) in [7, 11) is 0. The largest absolute Gasteiger partial charge is 0.504 e. The Labute approximate surface area is 137 Å². The van der Waals surface area contributed by atoms with Gasteiger partial charge in [0.05, 0.1) is 17.3 Å². The summed E-state index contributed by atoms with van der Waals surface area (Å²) in [5.41, 5.74) is -0.882. The van der Waals surface area contributed by atoms with Crippen molar-refractivity contribution >= 4 is 11.6 Å². The minimum absolute atomic E-state index is 0.123. The molecular formula is C17H16F2N2O3. The van der Waals surface area contributed by atoms with Crippen molar-refractivity contribution in [3.8, 4) is 5.75 Å².